The molecule has 0 aromatic heterocycles. The number of phenols is 1. The minimum Gasteiger partial charge on any atom is -0.508 e. The van der Waals surface area contributed by atoms with Gasteiger partial charge in [-0.2, -0.15) is 0 Å². The lowest BCUT2D eigenvalue weighted by atomic mass is 10.1. The molecule has 4 heteroatoms. The zero-order valence-corrected chi connectivity index (χ0v) is 8.04. The second-order valence-corrected chi connectivity index (χ2v) is 3.15. The van der Waals surface area contributed by atoms with Crippen LogP contribution in [0.4, 0.5) is 0 Å². The van der Waals surface area contributed by atoms with Crippen molar-refractivity contribution in [3.05, 3.63) is 17.7 Å². The lowest BCUT2D eigenvalue weighted by Gasteiger charge is -2.07. The molecule has 0 saturated heterocycles. The zero-order chi connectivity index (χ0) is 9.97. The molecule has 2 N–H and O–H groups in total. The smallest absolute Gasteiger partial charge is 0.231 e. The minimum absolute atomic E-state index is 0.241. The average molecular weight is 195 g/mol. The van der Waals surface area contributed by atoms with E-state index in [1.54, 1.807) is 12.1 Å². The van der Waals surface area contributed by atoms with Crippen molar-refractivity contribution in [2.45, 2.75) is 6.42 Å². The molecule has 0 spiro atoms. The minimum atomic E-state index is 0.241. The van der Waals surface area contributed by atoms with Crippen LogP contribution in [0.15, 0.2) is 12.1 Å². The molecule has 4 nitrogen and oxygen atoms in total. The normalized spacial score (nSPS) is 13.2. The average Bonchev–Trinajstić information content (AvgIpc) is 2.64. The third kappa shape index (κ3) is 1.48. The highest BCUT2D eigenvalue weighted by Crippen LogP contribution is 2.40. The van der Waals surface area contributed by atoms with E-state index in [0.29, 0.717) is 11.5 Å². The molecular formula is C10H13NO3. The predicted octanol–water partition coefficient (Wildman–Crippen LogP) is 0.883. The Bertz CT molecular complexity index is 338. The van der Waals surface area contributed by atoms with Gasteiger partial charge in [0.15, 0.2) is 11.5 Å². The molecule has 0 bridgehead atoms. The van der Waals surface area contributed by atoms with Gasteiger partial charge >= 0.3 is 0 Å². The maximum absolute atomic E-state index is 9.64. The summed E-state index contributed by atoms with van der Waals surface area (Å²) in [6, 6.07) is 3.36. The summed E-state index contributed by atoms with van der Waals surface area (Å²) in [5.41, 5.74) is 0.814. The number of likely N-dealkylation sites (N-methyl/N-ethyl adjacent to an activating group) is 1. The third-order valence-electron chi connectivity index (χ3n) is 2.24. The van der Waals surface area contributed by atoms with Gasteiger partial charge in [0.25, 0.3) is 0 Å². The first-order chi connectivity index (χ1) is 6.83. The standard InChI is InChI=1S/C10H13NO3/c1-11-5-4-7-8(12)2-3-9-10(7)14-6-13-9/h2-3,11-12H,4-6H2,1H3. The van der Waals surface area contributed by atoms with Crippen molar-refractivity contribution in [1.29, 1.82) is 0 Å². The molecule has 2 rings (SSSR count). The Morgan fingerprint density at radius 2 is 2.29 bits per heavy atom. The molecule has 0 amide bonds. The molecule has 1 aliphatic rings. The Balaban J connectivity index is 2.31. The van der Waals surface area contributed by atoms with E-state index in [9.17, 15) is 5.11 Å². The molecule has 1 heterocycles. The van der Waals surface area contributed by atoms with Gasteiger partial charge in [-0.05, 0) is 32.1 Å². The van der Waals surface area contributed by atoms with Crippen molar-refractivity contribution in [3.63, 3.8) is 0 Å². The van der Waals surface area contributed by atoms with E-state index in [0.717, 1.165) is 18.5 Å². The van der Waals surface area contributed by atoms with Gasteiger partial charge < -0.3 is 19.9 Å². The third-order valence-corrected chi connectivity index (χ3v) is 2.24. The second-order valence-electron chi connectivity index (χ2n) is 3.15. The molecule has 76 valence electrons. The van der Waals surface area contributed by atoms with E-state index in [4.69, 9.17) is 9.47 Å². The Morgan fingerprint density at radius 1 is 1.43 bits per heavy atom. The van der Waals surface area contributed by atoms with Gasteiger partial charge in [0.1, 0.15) is 5.75 Å². The monoisotopic (exact) mass is 195 g/mol. The van der Waals surface area contributed by atoms with Crippen LogP contribution in [-0.2, 0) is 6.42 Å². The van der Waals surface area contributed by atoms with Gasteiger partial charge in [-0.15, -0.1) is 0 Å². The fourth-order valence-corrected chi connectivity index (χ4v) is 1.51. The van der Waals surface area contributed by atoms with Gasteiger partial charge in [-0.25, -0.2) is 0 Å². The maximum atomic E-state index is 9.64. The van der Waals surface area contributed by atoms with E-state index < -0.39 is 0 Å². The lowest BCUT2D eigenvalue weighted by molar-refractivity contribution is 0.173. The lowest BCUT2D eigenvalue weighted by Crippen LogP contribution is -2.10. The van der Waals surface area contributed by atoms with Crippen molar-refractivity contribution in [1.82, 2.24) is 5.32 Å². The van der Waals surface area contributed by atoms with Crippen molar-refractivity contribution >= 4 is 0 Å². The molecule has 1 aromatic carbocycles. The summed E-state index contributed by atoms with van der Waals surface area (Å²) in [5, 5.41) is 12.7. The molecule has 1 aliphatic heterocycles. The van der Waals surface area contributed by atoms with E-state index in [1.165, 1.54) is 0 Å². The molecule has 0 unspecified atom stereocenters. The Labute approximate surface area is 82.5 Å². The van der Waals surface area contributed by atoms with Crippen LogP contribution in [-0.4, -0.2) is 25.5 Å². The van der Waals surface area contributed by atoms with Gasteiger partial charge in [-0.1, -0.05) is 0 Å². The molecule has 0 saturated carbocycles. The highest BCUT2D eigenvalue weighted by Gasteiger charge is 2.19. The number of ether oxygens (including phenoxy) is 2. The molecule has 0 fully saturated rings. The number of hydrogen-bond donors (Lipinski definition) is 2. The van der Waals surface area contributed by atoms with Crippen molar-refractivity contribution < 1.29 is 14.6 Å². The fraction of sp³-hybridized carbons (Fsp3) is 0.400. The first kappa shape index (κ1) is 9.15. The molecule has 0 radical (unpaired) electrons. The predicted molar refractivity (Wildman–Crippen MR) is 51.9 cm³/mol. The van der Waals surface area contributed by atoms with Crippen molar-refractivity contribution in [3.8, 4) is 17.2 Å². The number of hydrogen-bond acceptors (Lipinski definition) is 4. The van der Waals surface area contributed by atoms with Gasteiger partial charge in [0.2, 0.25) is 6.79 Å². The van der Waals surface area contributed by atoms with Crippen LogP contribution in [0.3, 0.4) is 0 Å². The summed E-state index contributed by atoms with van der Waals surface area (Å²) in [7, 11) is 1.87. The Morgan fingerprint density at radius 3 is 3.07 bits per heavy atom. The van der Waals surface area contributed by atoms with Crippen molar-refractivity contribution in [2.24, 2.45) is 0 Å². The van der Waals surface area contributed by atoms with Crippen LogP contribution in [0.2, 0.25) is 0 Å². The molecule has 0 aliphatic carbocycles. The van der Waals surface area contributed by atoms with Crippen LogP contribution in [0, 0.1) is 0 Å². The van der Waals surface area contributed by atoms with E-state index in [2.05, 4.69) is 5.32 Å². The number of benzene rings is 1. The number of rotatable bonds is 3. The second kappa shape index (κ2) is 3.75. The highest BCUT2D eigenvalue weighted by molar-refractivity contribution is 5.54. The SMILES string of the molecule is CNCCc1c(O)ccc2c1OCO2. The molecule has 1 aromatic rings. The first-order valence-corrected chi connectivity index (χ1v) is 4.58. The highest BCUT2D eigenvalue weighted by atomic mass is 16.7. The van der Waals surface area contributed by atoms with Crippen LogP contribution in [0.5, 0.6) is 17.2 Å². The maximum Gasteiger partial charge on any atom is 0.231 e. The van der Waals surface area contributed by atoms with Gasteiger partial charge in [0.05, 0.1) is 0 Å². The Kier molecular flexibility index (Phi) is 2.45. The number of aromatic hydroxyl groups is 1. The van der Waals surface area contributed by atoms with Gasteiger partial charge in [0, 0.05) is 5.56 Å². The first-order valence-electron chi connectivity index (χ1n) is 4.58. The summed E-state index contributed by atoms with van der Waals surface area (Å²) >= 11 is 0. The van der Waals surface area contributed by atoms with Crippen LogP contribution in [0.1, 0.15) is 5.56 Å². The molecule has 14 heavy (non-hydrogen) atoms. The van der Waals surface area contributed by atoms with Gasteiger partial charge in [-0.3, -0.25) is 0 Å². The topological polar surface area (TPSA) is 50.7 Å². The summed E-state index contributed by atoms with van der Waals surface area (Å²) in [6.45, 7) is 1.04. The van der Waals surface area contributed by atoms with Crippen molar-refractivity contribution in [2.75, 3.05) is 20.4 Å². The largest absolute Gasteiger partial charge is 0.508 e. The van der Waals surface area contributed by atoms with E-state index in [1.807, 2.05) is 7.05 Å². The quantitative estimate of drug-likeness (QED) is 0.751. The number of nitrogens with one attached hydrogen (secondary N) is 1. The van der Waals surface area contributed by atoms with E-state index in [-0.39, 0.29) is 12.5 Å². The summed E-state index contributed by atoms with van der Waals surface area (Å²) in [6.07, 6.45) is 0.731. The van der Waals surface area contributed by atoms with Crippen LogP contribution < -0.4 is 14.8 Å². The summed E-state index contributed by atoms with van der Waals surface area (Å²) in [5.74, 6) is 1.67. The molecule has 0 atom stereocenters. The van der Waals surface area contributed by atoms with Crippen LogP contribution in [0.25, 0.3) is 0 Å². The fourth-order valence-electron chi connectivity index (χ4n) is 1.51. The van der Waals surface area contributed by atoms with E-state index >= 15 is 0 Å². The summed E-state index contributed by atoms with van der Waals surface area (Å²) < 4.78 is 10.5. The Hall–Kier alpha value is -1.42. The number of fused-ring (bicyclic) bond motifs is 1. The summed E-state index contributed by atoms with van der Waals surface area (Å²) in [4.78, 5) is 0. The zero-order valence-electron chi connectivity index (χ0n) is 8.04. The van der Waals surface area contributed by atoms with Crippen LogP contribution >= 0.6 is 0 Å². The molecular weight excluding hydrogens is 182 g/mol. The number of phenolic OH excluding ortho intramolecular Hbond substituents is 1.